The van der Waals surface area contributed by atoms with Crippen LogP contribution in [0, 0.1) is 0 Å². The van der Waals surface area contributed by atoms with Gasteiger partial charge in [0.05, 0.1) is 19.8 Å². The summed E-state index contributed by atoms with van der Waals surface area (Å²) in [6.45, 7) is 3.86. The molecule has 0 bridgehead atoms. The number of carboxylic acid groups (broad SMARTS) is 1. The first kappa shape index (κ1) is 51.5. The van der Waals surface area contributed by atoms with E-state index < -0.39 is 45.1 Å². The fourth-order valence-corrected chi connectivity index (χ4v) is 6.65. The molecule has 0 aromatic heterocycles. The fourth-order valence-electron chi connectivity index (χ4n) is 5.87. The zero-order chi connectivity index (χ0) is 39.1. The molecule has 0 aliphatic heterocycles. The van der Waals surface area contributed by atoms with Gasteiger partial charge in [-0.25, -0.2) is 4.57 Å². The summed E-state index contributed by atoms with van der Waals surface area (Å²) in [7, 11) is -4.61. The fraction of sp³-hybridized carbons (Fsp3) is 0.857. The highest BCUT2D eigenvalue weighted by molar-refractivity contribution is 7.47. The van der Waals surface area contributed by atoms with Crippen molar-refractivity contribution in [3.8, 4) is 0 Å². The second kappa shape index (κ2) is 38.7. The van der Waals surface area contributed by atoms with Gasteiger partial charge in [-0.2, -0.15) is 0 Å². The molecule has 11 heteroatoms. The molecule has 4 N–H and O–H groups in total. The molecule has 3 atom stereocenters. The van der Waals surface area contributed by atoms with E-state index in [0.717, 1.165) is 44.9 Å². The van der Waals surface area contributed by atoms with Crippen LogP contribution in [0.5, 0.6) is 0 Å². The third-order valence-corrected chi connectivity index (χ3v) is 10.2. The zero-order valence-corrected chi connectivity index (χ0v) is 34.8. The minimum Gasteiger partial charge on any atom is -0.480 e. The molecule has 0 fully saturated rings. The van der Waals surface area contributed by atoms with Crippen LogP contribution in [-0.4, -0.2) is 60.5 Å². The Morgan fingerprint density at radius 2 is 1.04 bits per heavy atom. The molecule has 0 rings (SSSR count). The molecule has 0 aliphatic carbocycles. The van der Waals surface area contributed by atoms with E-state index in [-0.39, 0.29) is 13.0 Å². The van der Waals surface area contributed by atoms with Gasteiger partial charge in [-0.1, -0.05) is 167 Å². The van der Waals surface area contributed by atoms with Crippen molar-refractivity contribution in [3.05, 3.63) is 24.3 Å². The van der Waals surface area contributed by atoms with Crippen molar-refractivity contribution in [2.75, 3.05) is 26.4 Å². The predicted octanol–water partition coefficient (Wildman–Crippen LogP) is 11.5. The lowest BCUT2D eigenvalue weighted by Gasteiger charge is -2.20. The summed E-state index contributed by atoms with van der Waals surface area (Å²) in [4.78, 5) is 33.5. The number of carbonyl (C=O) groups excluding carboxylic acids is 1. The minimum absolute atomic E-state index is 0.0165. The molecule has 312 valence electrons. The first-order valence-corrected chi connectivity index (χ1v) is 22.9. The first-order valence-electron chi connectivity index (χ1n) is 21.4. The standard InChI is InChI=1S/C42H80NO9P/c1-3-5-7-9-11-13-15-17-18-19-20-21-22-23-25-27-29-31-33-35-49-36-39(37-50-53(47,48)51-38-40(43)42(45)46)52-41(44)34-32-30-28-26-24-16-14-12-10-8-6-4-2/h13,15,18-19,39-40H,3-12,14,16-17,20-38,43H2,1-2H3,(H,45,46)(H,47,48)/b15-13-,19-18-. The quantitative estimate of drug-likeness (QED) is 0.0237. The van der Waals surface area contributed by atoms with Gasteiger partial charge in [0, 0.05) is 13.0 Å². The van der Waals surface area contributed by atoms with E-state index in [9.17, 15) is 19.0 Å². The number of esters is 1. The number of ether oxygens (including phenoxy) is 2. The van der Waals surface area contributed by atoms with E-state index in [1.807, 2.05) is 0 Å². The summed E-state index contributed by atoms with van der Waals surface area (Å²) >= 11 is 0. The summed E-state index contributed by atoms with van der Waals surface area (Å²) < 4.78 is 33.3. The Morgan fingerprint density at radius 1 is 0.604 bits per heavy atom. The van der Waals surface area contributed by atoms with Gasteiger partial charge in [0.25, 0.3) is 0 Å². The Hall–Kier alpha value is -1.55. The molecule has 3 unspecified atom stereocenters. The summed E-state index contributed by atoms with van der Waals surface area (Å²) in [5.74, 6) is -1.78. The Labute approximate surface area is 324 Å². The molecule has 0 aromatic carbocycles. The van der Waals surface area contributed by atoms with E-state index >= 15 is 0 Å². The number of carboxylic acids is 1. The first-order chi connectivity index (χ1) is 25.7. The summed E-state index contributed by atoms with van der Waals surface area (Å²) in [5, 5.41) is 8.88. The molecular formula is C42H80NO9P. The van der Waals surface area contributed by atoms with Crippen molar-refractivity contribution in [1.82, 2.24) is 0 Å². The number of allylic oxidation sites excluding steroid dienone is 4. The van der Waals surface area contributed by atoms with Gasteiger partial charge in [-0.3, -0.25) is 18.6 Å². The van der Waals surface area contributed by atoms with Crippen molar-refractivity contribution in [2.24, 2.45) is 5.73 Å². The average Bonchev–Trinajstić information content (AvgIpc) is 3.13. The zero-order valence-electron chi connectivity index (χ0n) is 33.9. The van der Waals surface area contributed by atoms with Crippen LogP contribution < -0.4 is 5.73 Å². The van der Waals surface area contributed by atoms with Crippen LogP contribution in [0.3, 0.4) is 0 Å². The molecule has 0 aliphatic rings. The second-order valence-electron chi connectivity index (χ2n) is 14.5. The van der Waals surface area contributed by atoms with Gasteiger partial charge in [0.2, 0.25) is 0 Å². The van der Waals surface area contributed by atoms with Crippen molar-refractivity contribution >= 4 is 19.8 Å². The summed E-state index contributed by atoms with van der Waals surface area (Å²) in [6, 6.07) is -1.47. The SMILES string of the molecule is CCCCCC/C=C\C/C=C\CCCCCCCCCCOCC(COP(=O)(O)OCC(N)C(=O)O)OC(=O)CCCCCCCCCCCCCC. The number of hydrogen-bond acceptors (Lipinski definition) is 8. The average molecular weight is 774 g/mol. The van der Waals surface area contributed by atoms with Crippen LogP contribution in [0.1, 0.15) is 194 Å². The lowest BCUT2D eigenvalue weighted by atomic mass is 10.0. The van der Waals surface area contributed by atoms with Crippen molar-refractivity contribution in [3.63, 3.8) is 0 Å². The normalized spacial score (nSPS) is 14.2. The van der Waals surface area contributed by atoms with Crippen molar-refractivity contribution < 1.29 is 42.7 Å². The number of nitrogens with two attached hydrogens (primary N) is 1. The molecule has 0 amide bonds. The Morgan fingerprint density at radius 3 is 1.55 bits per heavy atom. The van der Waals surface area contributed by atoms with Gasteiger partial charge in [0.1, 0.15) is 12.1 Å². The number of rotatable bonds is 41. The summed E-state index contributed by atoms with van der Waals surface area (Å²) in [6.07, 6.45) is 40.8. The van der Waals surface area contributed by atoms with Crippen molar-refractivity contribution in [2.45, 2.75) is 206 Å². The van der Waals surface area contributed by atoms with Gasteiger partial charge in [-0.05, 0) is 44.9 Å². The molecule has 0 saturated heterocycles. The van der Waals surface area contributed by atoms with Crippen LogP contribution in [0.4, 0.5) is 0 Å². The number of phosphoric ester groups is 1. The highest BCUT2D eigenvalue weighted by atomic mass is 31.2. The van der Waals surface area contributed by atoms with Crippen LogP contribution >= 0.6 is 7.82 Å². The minimum atomic E-state index is -4.61. The monoisotopic (exact) mass is 774 g/mol. The number of aliphatic carboxylic acids is 1. The van der Waals surface area contributed by atoms with Crippen molar-refractivity contribution in [1.29, 1.82) is 0 Å². The number of unbranched alkanes of at least 4 members (excludes halogenated alkanes) is 23. The molecule has 0 spiro atoms. The Balaban J connectivity index is 4.21. The van der Waals surface area contributed by atoms with Crippen LogP contribution in [0.25, 0.3) is 0 Å². The molecule has 53 heavy (non-hydrogen) atoms. The van der Waals surface area contributed by atoms with E-state index in [0.29, 0.717) is 13.0 Å². The maximum atomic E-state index is 12.6. The molecule has 0 heterocycles. The lowest BCUT2D eigenvalue weighted by molar-refractivity contribution is -0.154. The second-order valence-corrected chi connectivity index (χ2v) is 15.9. The third kappa shape index (κ3) is 38.5. The molecule has 0 aromatic rings. The lowest BCUT2D eigenvalue weighted by Crippen LogP contribution is -2.34. The Kier molecular flexibility index (Phi) is 37.6. The van der Waals surface area contributed by atoms with Gasteiger partial charge in [0.15, 0.2) is 0 Å². The predicted molar refractivity (Wildman–Crippen MR) is 217 cm³/mol. The van der Waals surface area contributed by atoms with Gasteiger partial charge >= 0.3 is 19.8 Å². The molecule has 0 radical (unpaired) electrons. The van der Waals surface area contributed by atoms with Gasteiger partial charge in [-0.15, -0.1) is 0 Å². The van der Waals surface area contributed by atoms with Crippen LogP contribution in [0.15, 0.2) is 24.3 Å². The van der Waals surface area contributed by atoms with Crippen LogP contribution in [-0.2, 0) is 32.7 Å². The molecule has 10 nitrogen and oxygen atoms in total. The van der Waals surface area contributed by atoms with E-state index in [4.69, 9.17) is 29.4 Å². The maximum absolute atomic E-state index is 12.6. The topological polar surface area (TPSA) is 155 Å². The number of hydrogen-bond donors (Lipinski definition) is 3. The third-order valence-electron chi connectivity index (χ3n) is 9.23. The smallest absolute Gasteiger partial charge is 0.472 e. The Bertz CT molecular complexity index is 946. The molecule has 0 saturated carbocycles. The highest BCUT2D eigenvalue weighted by Crippen LogP contribution is 2.43. The van der Waals surface area contributed by atoms with E-state index in [1.54, 1.807) is 0 Å². The number of phosphoric acid groups is 1. The van der Waals surface area contributed by atoms with E-state index in [1.165, 1.54) is 122 Å². The largest absolute Gasteiger partial charge is 0.480 e. The van der Waals surface area contributed by atoms with Gasteiger partial charge < -0.3 is 25.2 Å². The highest BCUT2D eigenvalue weighted by Gasteiger charge is 2.27. The molecular weight excluding hydrogens is 693 g/mol. The maximum Gasteiger partial charge on any atom is 0.472 e. The summed E-state index contributed by atoms with van der Waals surface area (Å²) in [5.41, 5.74) is 5.35. The van der Waals surface area contributed by atoms with Crippen LogP contribution in [0.2, 0.25) is 0 Å². The number of carbonyl (C=O) groups is 2. The van der Waals surface area contributed by atoms with E-state index in [2.05, 4.69) is 38.2 Å².